The highest BCUT2D eigenvalue weighted by Gasteiger charge is 2.14. The average Bonchev–Trinajstić information content (AvgIpc) is 3.63. The van der Waals surface area contributed by atoms with Crippen LogP contribution in [-0.2, 0) is 32.2 Å². The van der Waals surface area contributed by atoms with Gasteiger partial charge < -0.3 is 14.0 Å². The number of carbonyl (C=O) groups is 2. The number of aryl methyl sites for hydroxylation is 2. The van der Waals surface area contributed by atoms with Crippen molar-refractivity contribution in [2.45, 2.75) is 51.6 Å². The lowest BCUT2D eigenvalue weighted by molar-refractivity contribution is -0.683. The smallest absolute Gasteiger partial charge is 0.309 e. The van der Waals surface area contributed by atoms with Crippen LogP contribution in [0.15, 0.2) is 85.5 Å². The zero-order chi connectivity index (χ0) is 26.4. The molecule has 8 nitrogen and oxygen atoms in total. The van der Waals surface area contributed by atoms with Crippen molar-refractivity contribution >= 4 is 11.9 Å². The van der Waals surface area contributed by atoms with Crippen molar-refractivity contribution in [1.82, 2.24) is 14.5 Å². The van der Waals surface area contributed by atoms with Crippen molar-refractivity contribution < 1.29 is 23.6 Å². The first-order chi connectivity index (χ1) is 18.7. The van der Waals surface area contributed by atoms with Gasteiger partial charge >= 0.3 is 11.9 Å². The Morgan fingerprint density at radius 3 is 2.13 bits per heavy atom. The molecule has 0 aliphatic carbocycles. The predicted molar refractivity (Wildman–Crippen MR) is 144 cm³/mol. The van der Waals surface area contributed by atoms with Crippen LogP contribution in [0.2, 0.25) is 0 Å². The SMILES string of the molecule is O=C(CCn1ccnc1-c1ccccc1)OCCCCCCOC(=O)CC[n+]1cc[nH]c1-c1ccccc1. The monoisotopic (exact) mass is 515 g/mol. The Balaban J connectivity index is 1.02. The Morgan fingerprint density at radius 1 is 0.816 bits per heavy atom. The van der Waals surface area contributed by atoms with Gasteiger partial charge in [-0.15, -0.1) is 0 Å². The second kappa shape index (κ2) is 14.5. The second-order valence-corrected chi connectivity index (χ2v) is 9.03. The summed E-state index contributed by atoms with van der Waals surface area (Å²) in [5, 5.41) is 0. The summed E-state index contributed by atoms with van der Waals surface area (Å²) in [6, 6.07) is 19.9. The van der Waals surface area contributed by atoms with Gasteiger partial charge in [-0.2, -0.15) is 0 Å². The number of rotatable bonds is 15. The van der Waals surface area contributed by atoms with Gasteiger partial charge in [0, 0.05) is 24.5 Å². The Kier molecular flexibility index (Phi) is 10.3. The number of H-pyrrole nitrogens is 1. The van der Waals surface area contributed by atoms with E-state index in [4.69, 9.17) is 9.47 Å². The van der Waals surface area contributed by atoms with E-state index < -0.39 is 0 Å². The van der Waals surface area contributed by atoms with Gasteiger partial charge in [-0.05, 0) is 37.8 Å². The Morgan fingerprint density at radius 2 is 1.45 bits per heavy atom. The lowest BCUT2D eigenvalue weighted by Crippen LogP contribution is -2.35. The van der Waals surface area contributed by atoms with Crippen molar-refractivity contribution in [3.05, 3.63) is 85.5 Å². The number of ether oxygens (including phenoxy) is 2. The summed E-state index contributed by atoms with van der Waals surface area (Å²) in [4.78, 5) is 31.9. The van der Waals surface area contributed by atoms with Crippen LogP contribution in [0, 0.1) is 0 Å². The third kappa shape index (κ3) is 8.16. The minimum absolute atomic E-state index is 0.194. The molecule has 2 aromatic heterocycles. The zero-order valence-electron chi connectivity index (χ0n) is 21.6. The lowest BCUT2D eigenvalue weighted by Gasteiger charge is -2.08. The largest absolute Gasteiger partial charge is 0.466 e. The molecule has 0 saturated heterocycles. The minimum atomic E-state index is -0.206. The molecule has 0 amide bonds. The van der Waals surface area contributed by atoms with Gasteiger partial charge in [0.25, 0.3) is 5.82 Å². The molecule has 0 saturated carbocycles. The van der Waals surface area contributed by atoms with Gasteiger partial charge in [0.05, 0.1) is 31.6 Å². The van der Waals surface area contributed by atoms with Crippen LogP contribution in [-0.4, -0.2) is 39.7 Å². The summed E-state index contributed by atoms with van der Waals surface area (Å²) < 4.78 is 14.8. The number of unbranched alkanes of at least 4 members (excludes halogenated alkanes) is 3. The van der Waals surface area contributed by atoms with Crippen LogP contribution in [0.4, 0.5) is 0 Å². The minimum Gasteiger partial charge on any atom is -0.466 e. The van der Waals surface area contributed by atoms with Gasteiger partial charge in [-0.1, -0.05) is 48.5 Å². The van der Waals surface area contributed by atoms with E-state index in [0.29, 0.717) is 39.1 Å². The summed E-state index contributed by atoms with van der Waals surface area (Å²) >= 11 is 0. The molecule has 0 radical (unpaired) electrons. The fourth-order valence-electron chi connectivity index (χ4n) is 4.23. The summed E-state index contributed by atoms with van der Waals surface area (Å²) in [6.07, 6.45) is 11.5. The molecule has 4 rings (SSSR count). The third-order valence-electron chi connectivity index (χ3n) is 6.23. The summed E-state index contributed by atoms with van der Waals surface area (Å²) in [6.45, 7) is 1.92. The molecule has 38 heavy (non-hydrogen) atoms. The van der Waals surface area contributed by atoms with Gasteiger partial charge in [-0.3, -0.25) is 9.59 Å². The lowest BCUT2D eigenvalue weighted by atomic mass is 10.2. The highest BCUT2D eigenvalue weighted by Crippen LogP contribution is 2.17. The molecule has 4 aromatic rings. The fourth-order valence-corrected chi connectivity index (χ4v) is 4.23. The zero-order valence-corrected chi connectivity index (χ0v) is 21.6. The molecular weight excluding hydrogens is 480 g/mol. The first-order valence-corrected chi connectivity index (χ1v) is 13.2. The quantitative estimate of drug-likeness (QED) is 0.137. The summed E-state index contributed by atoms with van der Waals surface area (Å²) in [7, 11) is 0. The molecule has 0 spiro atoms. The van der Waals surface area contributed by atoms with E-state index in [9.17, 15) is 9.59 Å². The van der Waals surface area contributed by atoms with Crippen LogP contribution in [0.1, 0.15) is 38.5 Å². The van der Waals surface area contributed by atoms with Crippen LogP contribution in [0.3, 0.4) is 0 Å². The fraction of sp³-hybridized carbons (Fsp3) is 0.333. The molecule has 0 bridgehead atoms. The number of imidazole rings is 2. The normalized spacial score (nSPS) is 10.8. The Hall–Kier alpha value is -4.20. The Labute approximate surface area is 223 Å². The molecule has 8 heteroatoms. The second-order valence-electron chi connectivity index (χ2n) is 9.03. The van der Waals surface area contributed by atoms with E-state index in [1.165, 1.54) is 0 Å². The molecular formula is C30H35N4O4+. The van der Waals surface area contributed by atoms with E-state index >= 15 is 0 Å². The van der Waals surface area contributed by atoms with Crippen molar-refractivity contribution in [1.29, 1.82) is 0 Å². The first-order valence-electron chi connectivity index (χ1n) is 13.2. The van der Waals surface area contributed by atoms with E-state index in [2.05, 4.69) is 9.97 Å². The van der Waals surface area contributed by atoms with Gasteiger partial charge in [0.2, 0.25) is 0 Å². The summed E-state index contributed by atoms with van der Waals surface area (Å²) in [5.41, 5.74) is 2.10. The van der Waals surface area contributed by atoms with Crippen LogP contribution in [0.5, 0.6) is 0 Å². The molecule has 1 N–H and O–H groups in total. The van der Waals surface area contributed by atoms with Crippen molar-refractivity contribution in [2.75, 3.05) is 13.2 Å². The predicted octanol–water partition coefficient (Wildman–Crippen LogP) is 4.96. The number of aromatic amines is 1. The molecule has 0 aliphatic rings. The molecule has 0 unspecified atom stereocenters. The molecule has 2 heterocycles. The van der Waals surface area contributed by atoms with Crippen molar-refractivity contribution in [2.24, 2.45) is 0 Å². The average molecular weight is 516 g/mol. The molecule has 0 aliphatic heterocycles. The van der Waals surface area contributed by atoms with Crippen molar-refractivity contribution in [3.8, 4) is 22.8 Å². The van der Waals surface area contributed by atoms with E-state index in [0.717, 1.165) is 48.5 Å². The molecule has 198 valence electrons. The van der Waals surface area contributed by atoms with Crippen molar-refractivity contribution in [3.63, 3.8) is 0 Å². The first kappa shape index (κ1) is 26.9. The maximum atomic E-state index is 12.1. The third-order valence-corrected chi connectivity index (χ3v) is 6.23. The number of nitrogens with zero attached hydrogens (tertiary/aromatic N) is 3. The maximum absolute atomic E-state index is 12.1. The van der Waals surface area contributed by atoms with Gasteiger partial charge in [0.15, 0.2) is 0 Å². The Bertz CT molecular complexity index is 1170. The highest BCUT2D eigenvalue weighted by atomic mass is 16.5. The topological polar surface area (TPSA) is 90.1 Å². The van der Waals surface area contributed by atoms with Gasteiger partial charge in [-0.25, -0.2) is 14.5 Å². The van der Waals surface area contributed by atoms with Crippen LogP contribution < -0.4 is 4.57 Å². The number of benzene rings is 2. The number of esters is 2. The molecule has 2 aromatic carbocycles. The number of carbonyl (C=O) groups excluding carboxylic acids is 2. The molecule has 0 fully saturated rings. The van der Waals surface area contributed by atoms with Gasteiger partial charge in [0.1, 0.15) is 24.8 Å². The number of hydrogen-bond acceptors (Lipinski definition) is 5. The molecule has 0 atom stereocenters. The van der Waals surface area contributed by atoms with Crippen LogP contribution in [0.25, 0.3) is 22.8 Å². The maximum Gasteiger partial charge on any atom is 0.309 e. The number of aromatic nitrogens is 4. The number of nitrogens with one attached hydrogen (secondary N) is 1. The standard InChI is InChI=1S/C30H34N4O4/c35-27(15-19-33-21-17-31-29(33)25-11-5-3-6-12-25)37-23-9-1-2-10-24-38-28(36)16-20-34-22-18-32-30(34)26-13-7-4-8-14-26/h3-8,11-14,17-18,21-22H,1-2,9-10,15-16,19-20,23-24H2/p+1. The van der Waals surface area contributed by atoms with E-state index in [-0.39, 0.29) is 11.9 Å². The van der Waals surface area contributed by atoms with Crippen LogP contribution >= 0.6 is 0 Å². The highest BCUT2D eigenvalue weighted by molar-refractivity contribution is 5.69. The number of hydrogen-bond donors (Lipinski definition) is 1. The van der Waals surface area contributed by atoms with E-state index in [1.807, 2.05) is 88.4 Å². The summed E-state index contributed by atoms with van der Waals surface area (Å²) in [5.74, 6) is 1.42. The van der Waals surface area contributed by atoms with E-state index in [1.54, 1.807) is 6.20 Å².